The van der Waals surface area contributed by atoms with Crippen molar-refractivity contribution in [3.8, 4) is 23.1 Å². The van der Waals surface area contributed by atoms with Gasteiger partial charge in [0, 0.05) is 31.0 Å². The van der Waals surface area contributed by atoms with Gasteiger partial charge >= 0.3 is 6.09 Å². The van der Waals surface area contributed by atoms with Crippen LogP contribution in [0.25, 0.3) is 16.8 Å². The van der Waals surface area contributed by atoms with Gasteiger partial charge in [-0.05, 0) is 58.7 Å². The van der Waals surface area contributed by atoms with Gasteiger partial charge in [-0.1, -0.05) is 11.3 Å². The first-order chi connectivity index (χ1) is 22.4. The van der Waals surface area contributed by atoms with Gasteiger partial charge < -0.3 is 24.4 Å². The molecule has 6 heterocycles. The lowest BCUT2D eigenvalue weighted by Gasteiger charge is -2.46. The average Bonchev–Trinajstić information content (AvgIpc) is 3.64. The third-order valence-corrected chi connectivity index (χ3v) is 8.37. The van der Waals surface area contributed by atoms with E-state index in [1.54, 1.807) is 57.4 Å². The minimum absolute atomic E-state index is 0.0761. The molecule has 0 saturated carbocycles. The summed E-state index contributed by atoms with van der Waals surface area (Å²) in [6.45, 7) is 6.76. The molecule has 2 aliphatic heterocycles. The van der Waals surface area contributed by atoms with Crippen LogP contribution in [0.1, 0.15) is 62.7 Å². The van der Waals surface area contributed by atoms with Crippen molar-refractivity contribution >= 4 is 17.5 Å². The summed E-state index contributed by atoms with van der Waals surface area (Å²) < 4.78 is 30.3. The van der Waals surface area contributed by atoms with E-state index in [-0.39, 0.29) is 25.7 Å². The Kier molecular flexibility index (Phi) is 8.31. The minimum atomic E-state index is -2.12. The van der Waals surface area contributed by atoms with Crippen LogP contribution in [0.3, 0.4) is 0 Å². The number of aliphatic hydroxyl groups excluding tert-OH is 1. The molecular formula is C32H36FN9O5. The molecule has 1 N–H and O–H groups in total. The zero-order valence-corrected chi connectivity index (χ0v) is 26.6. The molecule has 246 valence electrons. The summed E-state index contributed by atoms with van der Waals surface area (Å²) in [5, 5.41) is 33.0. The third-order valence-electron chi connectivity index (χ3n) is 8.37. The summed E-state index contributed by atoms with van der Waals surface area (Å²) in [6.07, 6.45) is 4.46. The summed E-state index contributed by atoms with van der Waals surface area (Å²) >= 11 is 0. The maximum atomic E-state index is 15.4. The van der Waals surface area contributed by atoms with E-state index in [4.69, 9.17) is 9.47 Å². The van der Waals surface area contributed by atoms with Crippen molar-refractivity contribution in [3.63, 3.8) is 0 Å². The number of rotatable bonds is 7. The van der Waals surface area contributed by atoms with E-state index in [9.17, 15) is 20.0 Å². The first-order valence-electron chi connectivity index (χ1n) is 15.4. The van der Waals surface area contributed by atoms with Gasteiger partial charge in [0.25, 0.3) is 5.91 Å². The SMILES string of the molecule is Cc1c(-c2cc(OC(CO)c3ccccn3)c3c(C#N)cnn3c2)nnn1C1CCN(C(=O)C2(F)CN(C(=O)OC(C)(C)C)C2)CC1. The van der Waals surface area contributed by atoms with Gasteiger partial charge in [0.1, 0.15) is 34.2 Å². The number of aliphatic hydroxyl groups is 1. The number of nitrogens with zero attached hydrogens (tertiary/aromatic N) is 9. The van der Waals surface area contributed by atoms with Crippen molar-refractivity contribution in [2.24, 2.45) is 0 Å². The fourth-order valence-corrected chi connectivity index (χ4v) is 6.00. The second kappa shape index (κ2) is 12.3. The number of carbonyl (C=O) groups excluding carboxylic acids is 2. The Morgan fingerprint density at radius 2 is 1.96 bits per heavy atom. The van der Waals surface area contributed by atoms with Gasteiger partial charge in [-0.2, -0.15) is 10.4 Å². The molecule has 1 atom stereocenters. The molecule has 14 nitrogen and oxygen atoms in total. The standard InChI is InChI=1S/C32H36FN9O5/c1-20-27(21-13-25(28-22(14-34)15-36-41(28)16-21)46-26(17-43)24-7-5-6-10-35-24)37-38-42(20)23-8-11-39(12-9-23)29(44)32(33)18-40(19-32)30(45)47-31(2,3)4/h5-7,10,13,15-16,23,26,43H,8-9,11-12,17-19H2,1-4H3. The van der Waals surface area contributed by atoms with E-state index in [1.807, 2.05) is 11.6 Å². The van der Waals surface area contributed by atoms with Gasteiger partial charge in [0.2, 0.25) is 5.67 Å². The normalized spacial score (nSPS) is 17.2. The largest absolute Gasteiger partial charge is 0.479 e. The molecule has 47 heavy (non-hydrogen) atoms. The van der Waals surface area contributed by atoms with Crippen LogP contribution in [0.15, 0.2) is 42.9 Å². The molecule has 15 heteroatoms. The number of hydrogen-bond donors (Lipinski definition) is 1. The second-order valence-electron chi connectivity index (χ2n) is 12.9. The average molecular weight is 646 g/mol. The number of hydrogen-bond acceptors (Lipinski definition) is 10. The van der Waals surface area contributed by atoms with Crippen LogP contribution < -0.4 is 4.74 Å². The Labute approximate surface area is 270 Å². The van der Waals surface area contributed by atoms with Crippen LogP contribution in [0.2, 0.25) is 0 Å². The Bertz CT molecular complexity index is 1830. The van der Waals surface area contributed by atoms with Crippen molar-refractivity contribution in [1.82, 2.24) is 39.4 Å². The molecule has 6 rings (SSSR count). The molecule has 2 saturated heterocycles. The number of nitriles is 1. The number of aromatic nitrogens is 6. The highest BCUT2D eigenvalue weighted by molar-refractivity contribution is 5.89. The van der Waals surface area contributed by atoms with Crippen molar-refractivity contribution in [2.45, 2.75) is 64.0 Å². The van der Waals surface area contributed by atoms with E-state index >= 15 is 4.39 Å². The smallest absolute Gasteiger partial charge is 0.410 e. The lowest BCUT2D eigenvalue weighted by Crippen LogP contribution is -2.68. The number of alkyl halides is 1. The summed E-state index contributed by atoms with van der Waals surface area (Å²) in [5.41, 5.74) is 0.421. The van der Waals surface area contributed by atoms with E-state index in [0.29, 0.717) is 59.7 Å². The van der Waals surface area contributed by atoms with Crippen LogP contribution in [0.5, 0.6) is 5.75 Å². The maximum Gasteiger partial charge on any atom is 0.410 e. The van der Waals surface area contributed by atoms with Crippen LogP contribution in [0, 0.1) is 18.3 Å². The monoisotopic (exact) mass is 645 g/mol. The van der Waals surface area contributed by atoms with Crippen molar-refractivity contribution in [3.05, 3.63) is 59.8 Å². The number of halogens is 1. The predicted molar refractivity (Wildman–Crippen MR) is 165 cm³/mol. The van der Waals surface area contributed by atoms with E-state index in [2.05, 4.69) is 26.5 Å². The van der Waals surface area contributed by atoms with Gasteiger partial charge in [-0.3, -0.25) is 9.78 Å². The molecule has 2 aliphatic rings. The van der Waals surface area contributed by atoms with Crippen molar-refractivity contribution in [2.75, 3.05) is 32.8 Å². The highest BCUT2D eigenvalue weighted by Gasteiger charge is 2.54. The Morgan fingerprint density at radius 1 is 1.21 bits per heavy atom. The summed E-state index contributed by atoms with van der Waals surface area (Å²) in [6, 6.07) is 9.11. The quantitative estimate of drug-likeness (QED) is 0.315. The van der Waals surface area contributed by atoms with Gasteiger partial charge in [0.15, 0.2) is 6.10 Å². The van der Waals surface area contributed by atoms with Gasteiger partial charge in [0.05, 0.1) is 43.3 Å². The van der Waals surface area contributed by atoms with Crippen molar-refractivity contribution < 1.29 is 28.6 Å². The van der Waals surface area contributed by atoms with E-state index in [0.717, 1.165) is 5.69 Å². The molecule has 4 aromatic heterocycles. The Hall–Kier alpha value is -5.10. The molecule has 0 aromatic carbocycles. The molecule has 0 radical (unpaired) electrons. The molecule has 0 aliphatic carbocycles. The molecule has 2 fully saturated rings. The molecule has 1 unspecified atom stereocenters. The number of amides is 2. The first-order valence-corrected chi connectivity index (χ1v) is 15.4. The maximum absolute atomic E-state index is 15.4. The molecule has 2 amide bonds. The summed E-state index contributed by atoms with van der Waals surface area (Å²) in [7, 11) is 0. The molecule has 0 bridgehead atoms. The molecule has 0 spiro atoms. The highest BCUT2D eigenvalue weighted by Crippen LogP contribution is 2.35. The Morgan fingerprint density at radius 3 is 2.60 bits per heavy atom. The lowest BCUT2D eigenvalue weighted by atomic mass is 9.93. The van der Waals surface area contributed by atoms with Crippen LogP contribution >= 0.6 is 0 Å². The number of fused-ring (bicyclic) bond motifs is 1. The number of likely N-dealkylation sites (tertiary alicyclic amines) is 2. The number of piperidine rings is 1. The van der Waals surface area contributed by atoms with Crippen LogP contribution in [-0.2, 0) is 9.53 Å². The van der Waals surface area contributed by atoms with Crippen LogP contribution in [-0.4, -0.2) is 101 Å². The lowest BCUT2D eigenvalue weighted by molar-refractivity contribution is -0.156. The predicted octanol–water partition coefficient (Wildman–Crippen LogP) is 3.40. The first kappa shape index (κ1) is 31.9. The van der Waals surface area contributed by atoms with Crippen LogP contribution in [0.4, 0.5) is 9.18 Å². The number of carbonyl (C=O) groups is 2. The zero-order chi connectivity index (χ0) is 33.5. The Balaban J connectivity index is 1.17. The highest BCUT2D eigenvalue weighted by atomic mass is 19.1. The fourth-order valence-electron chi connectivity index (χ4n) is 6.00. The second-order valence-corrected chi connectivity index (χ2v) is 12.9. The number of ether oxygens (including phenoxy) is 2. The number of pyridine rings is 2. The van der Waals surface area contributed by atoms with E-state index < -0.39 is 29.4 Å². The molecular weight excluding hydrogens is 609 g/mol. The third kappa shape index (κ3) is 6.20. The minimum Gasteiger partial charge on any atom is -0.479 e. The van der Waals surface area contributed by atoms with Gasteiger partial charge in [-0.25, -0.2) is 18.4 Å². The summed E-state index contributed by atoms with van der Waals surface area (Å²) in [4.78, 5) is 32.3. The molecule has 4 aromatic rings. The topological polar surface area (TPSA) is 164 Å². The van der Waals surface area contributed by atoms with E-state index in [1.165, 1.54) is 20.5 Å². The fraction of sp³-hybridized carbons (Fsp3) is 0.469. The zero-order valence-electron chi connectivity index (χ0n) is 26.6. The van der Waals surface area contributed by atoms with Gasteiger partial charge in [-0.15, -0.1) is 5.10 Å². The van der Waals surface area contributed by atoms with Crippen molar-refractivity contribution in [1.29, 1.82) is 5.26 Å². The summed E-state index contributed by atoms with van der Waals surface area (Å²) in [5.74, 6) is -0.293.